The van der Waals surface area contributed by atoms with Crippen molar-refractivity contribution in [3.63, 3.8) is 0 Å². The molecule has 0 aliphatic heterocycles. The lowest BCUT2D eigenvalue weighted by Crippen LogP contribution is -2.34. The van der Waals surface area contributed by atoms with E-state index in [4.69, 9.17) is 0 Å². The highest BCUT2D eigenvalue weighted by atomic mass is 79.9. The van der Waals surface area contributed by atoms with E-state index in [0.29, 0.717) is 11.3 Å². The molecule has 0 spiro atoms. The van der Waals surface area contributed by atoms with Crippen molar-refractivity contribution in [2.45, 2.75) is 48.8 Å². The number of sulfonamides is 1. The van der Waals surface area contributed by atoms with Crippen molar-refractivity contribution in [1.82, 2.24) is 5.32 Å². The van der Waals surface area contributed by atoms with Gasteiger partial charge in [0.05, 0.1) is 3.79 Å². The zero-order valence-electron chi connectivity index (χ0n) is 14.2. The van der Waals surface area contributed by atoms with Gasteiger partial charge in [-0.05, 0) is 65.2 Å². The van der Waals surface area contributed by atoms with Gasteiger partial charge >= 0.3 is 0 Å². The number of thiophene rings is 1. The topological polar surface area (TPSA) is 75.3 Å². The lowest BCUT2D eigenvalue weighted by Gasteiger charge is -2.16. The maximum absolute atomic E-state index is 12.4. The number of hydrogen-bond donors (Lipinski definition) is 2. The van der Waals surface area contributed by atoms with E-state index >= 15 is 0 Å². The summed E-state index contributed by atoms with van der Waals surface area (Å²) in [5, 5.41) is 3.09. The molecule has 5 nitrogen and oxygen atoms in total. The van der Waals surface area contributed by atoms with Gasteiger partial charge in [0.1, 0.15) is 4.21 Å². The van der Waals surface area contributed by atoms with Crippen molar-refractivity contribution >= 4 is 48.9 Å². The van der Waals surface area contributed by atoms with Crippen molar-refractivity contribution in [2.24, 2.45) is 0 Å². The Morgan fingerprint density at radius 2 is 1.65 bits per heavy atom. The third kappa shape index (κ3) is 5.08. The van der Waals surface area contributed by atoms with Crippen LogP contribution in [0.1, 0.15) is 48.9 Å². The van der Waals surface area contributed by atoms with Crippen molar-refractivity contribution < 1.29 is 13.2 Å². The fraction of sp³-hybridized carbons (Fsp3) is 0.389. The van der Waals surface area contributed by atoms with Gasteiger partial charge in [0, 0.05) is 17.3 Å². The fourth-order valence-corrected chi connectivity index (χ4v) is 6.10. The fourth-order valence-electron chi connectivity index (χ4n) is 3.03. The molecule has 0 bridgehead atoms. The Balaban J connectivity index is 1.63. The van der Waals surface area contributed by atoms with Gasteiger partial charge < -0.3 is 5.32 Å². The number of hydrogen-bond acceptors (Lipinski definition) is 4. The summed E-state index contributed by atoms with van der Waals surface area (Å²) in [7, 11) is -3.61. The van der Waals surface area contributed by atoms with E-state index in [2.05, 4.69) is 26.0 Å². The first-order valence-electron chi connectivity index (χ1n) is 8.63. The highest BCUT2D eigenvalue weighted by Gasteiger charge is 2.18. The number of carbonyl (C=O) groups is 1. The van der Waals surface area contributed by atoms with E-state index in [0.717, 1.165) is 40.8 Å². The highest BCUT2D eigenvalue weighted by molar-refractivity contribution is 9.11. The Bertz CT molecular complexity index is 855. The van der Waals surface area contributed by atoms with E-state index in [9.17, 15) is 13.2 Å². The van der Waals surface area contributed by atoms with Gasteiger partial charge in [-0.2, -0.15) is 0 Å². The Hall–Kier alpha value is -1.38. The van der Waals surface area contributed by atoms with E-state index in [1.807, 2.05) is 0 Å². The molecule has 2 N–H and O–H groups in total. The third-order valence-electron chi connectivity index (χ3n) is 4.40. The van der Waals surface area contributed by atoms with E-state index in [1.165, 1.54) is 12.8 Å². The summed E-state index contributed by atoms with van der Waals surface area (Å²) >= 11 is 4.41. The zero-order chi connectivity index (χ0) is 18.6. The second-order valence-electron chi connectivity index (χ2n) is 6.40. The molecule has 0 radical (unpaired) electrons. The second kappa shape index (κ2) is 8.54. The molecule has 26 heavy (non-hydrogen) atoms. The van der Waals surface area contributed by atoms with Crippen LogP contribution in [0.4, 0.5) is 5.69 Å². The summed E-state index contributed by atoms with van der Waals surface area (Å²) < 4.78 is 28.2. The van der Waals surface area contributed by atoms with E-state index < -0.39 is 10.0 Å². The SMILES string of the molecule is O=C(NC1CCCCCC1)c1ccc(NS(=O)(=O)c2ccc(Br)s2)cc1. The van der Waals surface area contributed by atoms with Crippen LogP contribution in [-0.4, -0.2) is 20.4 Å². The number of halogens is 1. The molecular formula is C18H21BrN2O3S2. The number of anilines is 1. The molecule has 1 aliphatic rings. The monoisotopic (exact) mass is 456 g/mol. The normalized spacial score (nSPS) is 16.0. The zero-order valence-corrected chi connectivity index (χ0v) is 17.4. The quantitative estimate of drug-likeness (QED) is 0.636. The minimum atomic E-state index is -3.61. The van der Waals surface area contributed by atoms with Crippen LogP contribution in [0, 0.1) is 0 Å². The van der Waals surface area contributed by atoms with Gasteiger partial charge in [-0.25, -0.2) is 8.42 Å². The highest BCUT2D eigenvalue weighted by Crippen LogP contribution is 2.27. The molecule has 8 heteroatoms. The van der Waals surface area contributed by atoms with Crippen LogP contribution in [0.5, 0.6) is 0 Å². The average molecular weight is 457 g/mol. The van der Waals surface area contributed by atoms with Gasteiger partial charge in [0.25, 0.3) is 15.9 Å². The number of nitrogens with one attached hydrogen (secondary N) is 2. The van der Waals surface area contributed by atoms with Crippen LogP contribution in [0.25, 0.3) is 0 Å². The largest absolute Gasteiger partial charge is 0.349 e. The summed E-state index contributed by atoms with van der Waals surface area (Å²) in [6.45, 7) is 0. The first kappa shape index (κ1) is 19.4. The van der Waals surface area contributed by atoms with Crippen LogP contribution in [0.2, 0.25) is 0 Å². The predicted molar refractivity (Wildman–Crippen MR) is 108 cm³/mol. The lowest BCUT2D eigenvalue weighted by molar-refractivity contribution is 0.0933. The van der Waals surface area contributed by atoms with Crippen LogP contribution < -0.4 is 10.0 Å². The van der Waals surface area contributed by atoms with Gasteiger partial charge in [0.15, 0.2) is 0 Å². The molecule has 1 aliphatic carbocycles. The molecule has 1 heterocycles. The standard InChI is InChI=1S/C18H21BrN2O3S2/c19-16-11-12-17(25-16)26(23,24)21-15-9-7-13(8-10-15)18(22)20-14-5-3-1-2-4-6-14/h7-12,14,21H,1-6H2,(H,20,22). The van der Waals surface area contributed by atoms with Crippen molar-refractivity contribution in [3.05, 3.63) is 45.7 Å². The Morgan fingerprint density at radius 3 is 2.23 bits per heavy atom. The van der Waals surface area contributed by atoms with Crippen molar-refractivity contribution in [2.75, 3.05) is 4.72 Å². The van der Waals surface area contributed by atoms with Gasteiger partial charge in [0.2, 0.25) is 0 Å². The van der Waals surface area contributed by atoms with Gasteiger partial charge in [-0.3, -0.25) is 9.52 Å². The number of amides is 1. The molecule has 1 fully saturated rings. The van der Waals surface area contributed by atoms with Crippen LogP contribution in [0.3, 0.4) is 0 Å². The minimum absolute atomic E-state index is 0.103. The Kier molecular flexibility index (Phi) is 6.37. The molecule has 0 unspecified atom stereocenters. The molecule has 3 rings (SSSR count). The Morgan fingerprint density at radius 1 is 1.00 bits per heavy atom. The summed E-state index contributed by atoms with van der Waals surface area (Å²) in [6.07, 6.45) is 6.85. The average Bonchev–Trinajstić information content (AvgIpc) is 2.89. The summed E-state index contributed by atoms with van der Waals surface area (Å²) in [4.78, 5) is 12.4. The molecule has 1 aromatic carbocycles. The maximum Gasteiger partial charge on any atom is 0.271 e. The van der Waals surface area contributed by atoms with Gasteiger partial charge in [-0.1, -0.05) is 25.7 Å². The molecule has 1 aromatic heterocycles. The van der Waals surface area contributed by atoms with Crippen LogP contribution in [0.15, 0.2) is 44.4 Å². The molecule has 0 atom stereocenters. The Labute approximate surface area is 166 Å². The maximum atomic E-state index is 12.4. The molecule has 140 valence electrons. The summed E-state index contributed by atoms with van der Waals surface area (Å²) in [5.41, 5.74) is 0.969. The minimum Gasteiger partial charge on any atom is -0.349 e. The number of benzene rings is 1. The van der Waals surface area contributed by atoms with Crippen LogP contribution in [-0.2, 0) is 10.0 Å². The molecule has 2 aromatic rings. The smallest absolute Gasteiger partial charge is 0.271 e. The molecule has 0 saturated heterocycles. The summed E-state index contributed by atoms with van der Waals surface area (Å²) in [5.74, 6) is -0.103. The van der Waals surface area contributed by atoms with E-state index in [-0.39, 0.29) is 16.2 Å². The second-order valence-corrected chi connectivity index (χ2v) is 10.8. The first-order valence-corrected chi connectivity index (χ1v) is 11.7. The third-order valence-corrected chi connectivity index (χ3v) is 7.90. The first-order chi connectivity index (χ1) is 12.4. The molecule has 1 amide bonds. The van der Waals surface area contributed by atoms with Gasteiger partial charge in [-0.15, -0.1) is 11.3 Å². The van der Waals surface area contributed by atoms with Crippen molar-refractivity contribution in [1.29, 1.82) is 0 Å². The van der Waals surface area contributed by atoms with Crippen molar-refractivity contribution in [3.8, 4) is 0 Å². The molecular weight excluding hydrogens is 436 g/mol. The van der Waals surface area contributed by atoms with Crippen LogP contribution >= 0.6 is 27.3 Å². The van der Waals surface area contributed by atoms with E-state index in [1.54, 1.807) is 36.4 Å². The number of rotatable bonds is 5. The summed E-state index contributed by atoms with van der Waals surface area (Å²) in [6, 6.07) is 10.00. The predicted octanol–water partition coefficient (Wildman–Crippen LogP) is 4.76. The lowest BCUT2D eigenvalue weighted by atomic mass is 10.1. The number of carbonyl (C=O) groups excluding carboxylic acids is 1. The molecule has 1 saturated carbocycles.